The van der Waals surface area contributed by atoms with E-state index in [1.807, 2.05) is 0 Å². The summed E-state index contributed by atoms with van der Waals surface area (Å²) in [5.74, 6) is -0.996. The highest BCUT2D eigenvalue weighted by molar-refractivity contribution is 5.64. The molecular formula is C16H15F5N4O. The van der Waals surface area contributed by atoms with Gasteiger partial charge in [0, 0.05) is 18.3 Å². The van der Waals surface area contributed by atoms with E-state index in [1.54, 1.807) is 0 Å². The molecule has 0 spiro atoms. The van der Waals surface area contributed by atoms with Crippen molar-refractivity contribution < 1.29 is 26.7 Å². The van der Waals surface area contributed by atoms with Crippen molar-refractivity contribution in [3.05, 3.63) is 35.8 Å². The quantitative estimate of drug-likeness (QED) is 0.708. The maximum absolute atomic E-state index is 13.5. The zero-order valence-corrected chi connectivity index (χ0v) is 13.4. The highest BCUT2D eigenvalue weighted by Gasteiger charge is 2.36. The Balaban J connectivity index is 1.89. The molecule has 1 fully saturated rings. The van der Waals surface area contributed by atoms with Crippen LogP contribution in [0.5, 0.6) is 5.75 Å². The lowest BCUT2D eigenvalue weighted by atomic mass is 10.2. The molecule has 26 heavy (non-hydrogen) atoms. The van der Waals surface area contributed by atoms with Crippen molar-refractivity contribution in [1.29, 1.82) is 0 Å². The molecule has 0 aliphatic heterocycles. The Labute approximate surface area is 145 Å². The molecule has 2 N–H and O–H groups in total. The second-order valence-electron chi connectivity index (χ2n) is 5.68. The summed E-state index contributed by atoms with van der Waals surface area (Å²) in [4.78, 5) is 7.51. The van der Waals surface area contributed by atoms with E-state index in [2.05, 4.69) is 20.6 Å². The van der Waals surface area contributed by atoms with Gasteiger partial charge in [-0.25, -0.2) is 13.8 Å². The number of aromatic nitrogens is 2. The summed E-state index contributed by atoms with van der Waals surface area (Å²) >= 11 is 0. The molecule has 0 atom stereocenters. The average Bonchev–Trinajstić information content (AvgIpc) is 3.37. The van der Waals surface area contributed by atoms with E-state index in [4.69, 9.17) is 4.74 Å². The lowest BCUT2D eigenvalue weighted by Gasteiger charge is -2.15. The first-order valence-corrected chi connectivity index (χ1v) is 7.83. The maximum atomic E-state index is 13.5. The molecule has 1 aromatic carbocycles. The van der Waals surface area contributed by atoms with E-state index in [0.29, 0.717) is 6.20 Å². The van der Waals surface area contributed by atoms with Crippen LogP contribution in [0, 0.1) is 5.82 Å². The van der Waals surface area contributed by atoms with Gasteiger partial charge < -0.3 is 15.4 Å². The Morgan fingerprint density at radius 1 is 1.23 bits per heavy atom. The monoisotopic (exact) mass is 374 g/mol. The Bertz CT molecular complexity index is 780. The second kappa shape index (κ2) is 7.30. The third-order valence-corrected chi connectivity index (χ3v) is 3.54. The van der Waals surface area contributed by atoms with Crippen molar-refractivity contribution in [2.24, 2.45) is 0 Å². The van der Waals surface area contributed by atoms with Crippen molar-refractivity contribution in [1.82, 2.24) is 9.97 Å². The molecule has 1 saturated carbocycles. The van der Waals surface area contributed by atoms with Gasteiger partial charge in [0.05, 0.1) is 5.69 Å². The van der Waals surface area contributed by atoms with Gasteiger partial charge in [-0.15, -0.1) is 0 Å². The van der Waals surface area contributed by atoms with Crippen molar-refractivity contribution in [2.75, 3.05) is 23.9 Å². The van der Waals surface area contributed by atoms with Crippen LogP contribution in [0.15, 0.2) is 24.4 Å². The van der Waals surface area contributed by atoms with Gasteiger partial charge in [-0.2, -0.15) is 18.2 Å². The molecule has 5 nitrogen and oxygen atoms in total. The van der Waals surface area contributed by atoms with E-state index in [9.17, 15) is 22.0 Å². The fourth-order valence-electron chi connectivity index (χ4n) is 2.18. The van der Waals surface area contributed by atoms with Crippen molar-refractivity contribution in [3.63, 3.8) is 0 Å². The zero-order chi connectivity index (χ0) is 18.7. The van der Waals surface area contributed by atoms with E-state index >= 15 is 0 Å². The minimum Gasteiger partial charge on any atom is -0.489 e. The number of halogens is 5. The molecule has 0 unspecified atom stereocenters. The van der Waals surface area contributed by atoms with Crippen LogP contribution in [-0.4, -0.2) is 29.3 Å². The molecule has 1 aromatic heterocycles. The number of rotatable bonds is 7. The van der Waals surface area contributed by atoms with E-state index in [1.165, 1.54) is 6.07 Å². The van der Waals surface area contributed by atoms with E-state index < -0.39 is 24.2 Å². The van der Waals surface area contributed by atoms with Gasteiger partial charge in [0.25, 0.3) is 0 Å². The van der Waals surface area contributed by atoms with Gasteiger partial charge in [-0.1, -0.05) is 0 Å². The topological polar surface area (TPSA) is 59.1 Å². The smallest absolute Gasteiger partial charge is 0.421 e. The van der Waals surface area contributed by atoms with Crippen LogP contribution >= 0.6 is 0 Å². The molecular weight excluding hydrogens is 359 g/mol. The minimum absolute atomic E-state index is 0.0588. The SMILES string of the molecule is FCCOc1ccc(F)cc1Nc1ncc(C(F)(F)F)c(NC2CC2)n1. The first-order valence-electron chi connectivity index (χ1n) is 7.83. The van der Waals surface area contributed by atoms with Crippen LogP contribution in [0.4, 0.5) is 39.4 Å². The second-order valence-corrected chi connectivity index (χ2v) is 5.68. The number of anilines is 3. The van der Waals surface area contributed by atoms with E-state index in [0.717, 1.165) is 25.0 Å². The zero-order valence-electron chi connectivity index (χ0n) is 13.4. The molecule has 2 aromatic rings. The Morgan fingerprint density at radius 2 is 2.00 bits per heavy atom. The summed E-state index contributed by atoms with van der Waals surface area (Å²) in [7, 11) is 0. The Hall–Kier alpha value is -2.65. The highest BCUT2D eigenvalue weighted by atomic mass is 19.4. The molecule has 0 amide bonds. The van der Waals surface area contributed by atoms with Crippen LogP contribution in [0.2, 0.25) is 0 Å². The standard InChI is InChI=1S/C16H15F5N4O/c17-5-6-26-13-4-1-9(18)7-12(13)24-15-22-8-11(16(19,20)21)14(25-15)23-10-2-3-10/h1,4,7-8,10H,2-3,5-6H2,(H2,22,23,24,25). The van der Waals surface area contributed by atoms with Crippen molar-refractivity contribution in [3.8, 4) is 5.75 Å². The third-order valence-electron chi connectivity index (χ3n) is 3.54. The van der Waals surface area contributed by atoms with Gasteiger partial charge in [-0.3, -0.25) is 0 Å². The molecule has 10 heteroatoms. The molecule has 1 aliphatic carbocycles. The molecule has 1 heterocycles. The number of hydrogen-bond acceptors (Lipinski definition) is 5. The fraction of sp³-hybridized carbons (Fsp3) is 0.375. The van der Waals surface area contributed by atoms with Crippen molar-refractivity contribution in [2.45, 2.75) is 25.1 Å². The first kappa shape index (κ1) is 18.2. The lowest BCUT2D eigenvalue weighted by molar-refractivity contribution is -0.137. The van der Waals surface area contributed by atoms with Crippen LogP contribution < -0.4 is 15.4 Å². The number of nitrogens with one attached hydrogen (secondary N) is 2. The minimum atomic E-state index is -4.61. The number of hydrogen-bond donors (Lipinski definition) is 2. The molecule has 3 rings (SSSR count). The molecule has 0 bridgehead atoms. The van der Waals surface area contributed by atoms with Crippen molar-refractivity contribution >= 4 is 17.5 Å². The summed E-state index contributed by atoms with van der Waals surface area (Å²) in [5.41, 5.74) is -0.904. The summed E-state index contributed by atoms with van der Waals surface area (Å²) in [6, 6.07) is 3.40. The molecule has 1 aliphatic rings. The third kappa shape index (κ3) is 4.50. The Morgan fingerprint density at radius 3 is 2.65 bits per heavy atom. The predicted molar refractivity (Wildman–Crippen MR) is 84.8 cm³/mol. The summed E-state index contributed by atoms with van der Waals surface area (Å²) < 4.78 is 70.2. The lowest BCUT2D eigenvalue weighted by Crippen LogP contribution is -2.15. The van der Waals surface area contributed by atoms with Gasteiger partial charge in [0.2, 0.25) is 5.95 Å². The maximum Gasteiger partial charge on any atom is 0.421 e. The number of ether oxygens (including phenoxy) is 1. The van der Waals surface area contributed by atoms with Gasteiger partial charge in [-0.05, 0) is 25.0 Å². The largest absolute Gasteiger partial charge is 0.489 e. The summed E-state index contributed by atoms with van der Waals surface area (Å²) in [5, 5.41) is 5.33. The van der Waals surface area contributed by atoms with Crippen LogP contribution in [-0.2, 0) is 6.18 Å². The van der Waals surface area contributed by atoms with Gasteiger partial charge in [0.1, 0.15) is 36.2 Å². The summed E-state index contributed by atoms with van der Waals surface area (Å²) in [6.07, 6.45) is -2.43. The number of benzene rings is 1. The Kier molecular flexibility index (Phi) is 5.10. The summed E-state index contributed by atoms with van der Waals surface area (Å²) in [6.45, 7) is -0.994. The first-order chi connectivity index (χ1) is 12.4. The molecule has 0 radical (unpaired) electrons. The predicted octanol–water partition coefficient (Wildman–Crippen LogP) is 4.30. The van der Waals surface area contributed by atoms with E-state index in [-0.39, 0.29) is 35.9 Å². The van der Waals surface area contributed by atoms with Crippen LogP contribution in [0.25, 0.3) is 0 Å². The van der Waals surface area contributed by atoms with Crippen LogP contribution in [0.3, 0.4) is 0 Å². The van der Waals surface area contributed by atoms with Gasteiger partial charge in [0.15, 0.2) is 0 Å². The number of nitrogens with zero attached hydrogens (tertiary/aromatic N) is 2. The number of alkyl halides is 4. The van der Waals surface area contributed by atoms with Crippen LogP contribution in [0.1, 0.15) is 18.4 Å². The molecule has 0 saturated heterocycles. The average molecular weight is 374 g/mol. The van der Waals surface area contributed by atoms with Gasteiger partial charge >= 0.3 is 6.18 Å². The fourth-order valence-corrected chi connectivity index (χ4v) is 2.18. The highest BCUT2D eigenvalue weighted by Crippen LogP contribution is 2.36. The molecule has 140 valence electrons. The normalized spacial score (nSPS) is 14.2.